The monoisotopic (exact) mass is 352 g/mol. The second-order valence-corrected chi connectivity index (χ2v) is 8.23. The van der Waals surface area contributed by atoms with Gasteiger partial charge in [0.1, 0.15) is 0 Å². The minimum atomic E-state index is -3.64. The van der Waals surface area contributed by atoms with Crippen molar-refractivity contribution in [2.45, 2.75) is 43.6 Å². The number of nitrogens with one attached hydrogen (secondary N) is 1. The molecule has 1 N–H and O–H groups in total. The Morgan fingerprint density at radius 1 is 1.29 bits per heavy atom. The van der Waals surface area contributed by atoms with E-state index in [9.17, 15) is 13.2 Å². The molecular weight excluding hydrogens is 328 g/mol. The normalized spacial score (nSPS) is 21.4. The average molecular weight is 352 g/mol. The quantitative estimate of drug-likeness (QED) is 0.875. The van der Waals surface area contributed by atoms with Crippen LogP contribution in [0.25, 0.3) is 0 Å². The van der Waals surface area contributed by atoms with Crippen LogP contribution in [-0.2, 0) is 14.8 Å². The van der Waals surface area contributed by atoms with Crippen molar-refractivity contribution in [3.05, 3.63) is 29.3 Å². The summed E-state index contributed by atoms with van der Waals surface area (Å²) in [7, 11) is -3.64. The van der Waals surface area contributed by atoms with Gasteiger partial charge in [0.25, 0.3) is 5.91 Å². The van der Waals surface area contributed by atoms with Crippen molar-refractivity contribution < 1.29 is 17.9 Å². The average Bonchev–Trinajstić information content (AvgIpc) is 3.26. The summed E-state index contributed by atoms with van der Waals surface area (Å²) in [4.78, 5) is 14.5. The van der Waals surface area contributed by atoms with Gasteiger partial charge in [-0.25, -0.2) is 13.1 Å². The summed E-state index contributed by atoms with van der Waals surface area (Å²) in [6, 6.07) is 4.74. The van der Waals surface area contributed by atoms with E-state index in [1.54, 1.807) is 17.0 Å². The Labute approximate surface area is 143 Å². The Hall–Kier alpha value is -1.44. The number of rotatable bonds is 5. The van der Waals surface area contributed by atoms with E-state index in [1.165, 1.54) is 6.07 Å². The second-order valence-electron chi connectivity index (χ2n) is 6.46. The Morgan fingerprint density at radius 2 is 2.04 bits per heavy atom. The molecule has 2 heterocycles. The molecule has 0 aliphatic carbocycles. The first-order valence-electron chi connectivity index (χ1n) is 8.48. The molecule has 1 amide bonds. The summed E-state index contributed by atoms with van der Waals surface area (Å²) >= 11 is 0. The molecule has 6 nitrogen and oxygen atoms in total. The van der Waals surface area contributed by atoms with Crippen molar-refractivity contribution in [2.24, 2.45) is 0 Å². The first kappa shape index (κ1) is 17.4. The summed E-state index contributed by atoms with van der Waals surface area (Å²) in [5.41, 5.74) is 1.27. The maximum atomic E-state index is 12.6. The largest absolute Gasteiger partial charge is 0.377 e. The number of sulfonamides is 1. The van der Waals surface area contributed by atoms with E-state index in [0.29, 0.717) is 12.2 Å². The first-order valence-corrected chi connectivity index (χ1v) is 9.97. The van der Waals surface area contributed by atoms with Gasteiger partial charge in [0.15, 0.2) is 0 Å². The molecule has 2 aliphatic heterocycles. The Bertz CT molecular complexity index is 705. The molecule has 0 bridgehead atoms. The number of carbonyl (C=O) groups is 1. The van der Waals surface area contributed by atoms with Crippen molar-refractivity contribution >= 4 is 15.9 Å². The number of ether oxygens (including phenoxy) is 1. The summed E-state index contributed by atoms with van der Waals surface area (Å²) in [5.74, 6) is -0.0822. The van der Waals surface area contributed by atoms with E-state index in [-0.39, 0.29) is 23.5 Å². The molecule has 0 aromatic heterocycles. The zero-order valence-corrected chi connectivity index (χ0v) is 14.8. The van der Waals surface area contributed by atoms with Crippen LogP contribution in [0, 0.1) is 6.92 Å². The van der Waals surface area contributed by atoms with Crippen LogP contribution >= 0.6 is 0 Å². The van der Waals surface area contributed by atoms with Gasteiger partial charge in [0, 0.05) is 31.8 Å². The smallest absolute Gasteiger partial charge is 0.254 e. The van der Waals surface area contributed by atoms with Gasteiger partial charge in [-0.1, -0.05) is 6.07 Å². The van der Waals surface area contributed by atoms with Crippen LogP contribution in [0.4, 0.5) is 0 Å². The predicted molar refractivity (Wildman–Crippen MR) is 90.5 cm³/mol. The zero-order chi connectivity index (χ0) is 17.2. The molecule has 2 saturated heterocycles. The van der Waals surface area contributed by atoms with Gasteiger partial charge in [-0.15, -0.1) is 0 Å². The van der Waals surface area contributed by atoms with Crippen molar-refractivity contribution in [2.75, 3.05) is 26.2 Å². The summed E-state index contributed by atoms with van der Waals surface area (Å²) in [6.07, 6.45) is 3.79. The van der Waals surface area contributed by atoms with Gasteiger partial charge in [0.2, 0.25) is 10.0 Å². The third-order valence-corrected chi connectivity index (χ3v) is 6.09. The third-order valence-electron chi connectivity index (χ3n) is 4.67. The van der Waals surface area contributed by atoms with E-state index < -0.39 is 10.0 Å². The van der Waals surface area contributed by atoms with Crippen LogP contribution in [0.5, 0.6) is 0 Å². The summed E-state index contributed by atoms with van der Waals surface area (Å²) < 4.78 is 33.0. The fraction of sp³-hybridized carbons (Fsp3) is 0.588. The number of benzene rings is 1. The molecule has 0 spiro atoms. The molecule has 2 aliphatic rings. The Balaban J connectivity index is 1.77. The number of aryl methyl sites for hydroxylation is 1. The predicted octanol–water partition coefficient (Wildman–Crippen LogP) is 1.69. The zero-order valence-electron chi connectivity index (χ0n) is 14.0. The highest BCUT2D eigenvalue weighted by molar-refractivity contribution is 7.89. The summed E-state index contributed by atoms with van der Waals surface area (Å²) in [6.45, 7) is 4.27. The minimum absolute atomic E-state index is 0.0593. The van der Waals surface area contributed by atoms with Crippen molar-refractivity contribution in [1.82, 2.24) is 9.62 Å². The molecule has 0 radical (unpaired) electrons. The fourth-order valence-corrected chi connectivity index (χ4v) is 4.27. The first-order chi connectivity index (χ1) is 11.5. The third kappa shape index (κ3) is 3.79. The highest BCUT2D eigenvalue weighted by Crippen LogP contribution is 2.20. The van der Waals surface area contributed by atoms with Gasteiger partial charge in [-0.2, -0.15) is 0 Å². The van der Waals surface area contributed by atoms with Crippen LogP contribution in [0.1, 0.15) is 41.6 Å². The molecule has 132 valence electrons. The highest BCUT2D eigenvalue weighted by atomic mass is 32.2. The van der Waals surface area contributed by atoms with Crippen molar-refractivity contribution in [1.29, 1.82) is 0 Å². The van der Waals surface area contributed by atoms with Crippen LogP contribution < -0.4 is 4.72 Å². The van der Waals surface area contributed by atoms with E-state index in [0.717, 1.165) is 44.3 Å². The molecule has 1 aromatic carbocycles. The Kier molecular flexibility index (Phi) is 5.22. The molecule has 1 atom stereocenters. The number of hydrogen-bond acceptors (Lipinski definition) is 4. The number of nitrogens with zero attached hydrogens (tertiary/aromatic N) is 1. The molecule has 24 heavy (non-hydrogen) atoms. The van der Waals surface area contributed by atoms with Gasteiger partial charge in [-0.05, 0) is 50.3 Å². The second kappa shape index (κ2) is 7.21. The molecular formula is C17H24N2O4S. The Morgan fingerprint density at radius 3 is 2.71 bits per heavy atom. The lowest BCUT2D eigenvalue weighted by Crippen LogP contribution is -2.32. The van der Waals surface area contributed by atoms with E-state index in [4.69, 9.17) is 4.74 Å². The van der Waals surface area contributed by atoms with Crippen LogP contribution in [0.2, 0.25) is 0 Å². The molecule has 0 saturated carbocycles. The number of amides is 1. The highest BCUT2D eigenvalue weighted by Gasteiger charge is 2.24. The number of likely N-dealkylation sites (tertiary alicyclic amines) is 1. The van der Waals surface area contributed by atoms with Crippen molar-refractivity contribution in [3.63, 3.8) is 0 Å². The van der Waals surface area contributed by atoms with Crippen LogP contribution in [-0.4, -0.2) is 51.6 Å². The fourth-order valence-electron chi connectivity index (χ4n) is 3.18. The molecule has 2 fully saturated rings. The van der Waals surface area contributed by atoms with Gasteiger partial charge >= 0.3 is 0 Å². The maximum absolute atomic E-state index is 12.6. The topological polar surface area (TPSA) is 75.7 Å². The van der Waals surface area contributed by atoms with Crippen molar-refractivity contribution in [3.8, 4) is 0 Å². The van der Waals surface area contributed by atoms with Gasteiger partial charge in [-0.3, -0.25) is 4.79 Å². The maximum Gasteiger partial charge on any atom is 0.254 e. The molecule has 1 aromatic rings. The van der Waals surface area contributed by atoms with Crippen LogP contribution in [0.15, 0.2) is 23.1 Å². The lowest BCUT2D eigenvalue weighted by atomic mass is 10.1. The van der Waals surface area contributed by atoms with Crippen LogP contribution in [0.3, 0.4) is 0 Å². The van der Waals surface area contributed by atoms with E-state index >= 15 is 0 Å². The van der Waals surface area contributed by atoms with E-state index in [1.807, 2.05) is 6.92 Å². The number of hydrogen-bond donors (Lipinski definition) is 1. The van der Waals surface area contributed by atoms with Gasteiger partial charge < -0.3 is 9.64 Å². The molecule has 7 heteroatoms. The standard InChI is InChI=1S/C17H24N2O4S/c1-13-6-7-15(11-16(13)17(20)19-8-2-3-9-19)24(21,22)18-12-14-5-4-10-23-14/h6-7,11,14,18H,2-5,8-10,12H2,1H3. The SMILES string of the molecule is Cc1ccc(S(=O)(=O)NCC2CCCO2)cc1C(=O)N1CCCC1. The van der Waals surface area contributed by atoms with Gasteiger partial charge in [0.05, 0.1) is 11.0 Å². The summed E-state index contributed by atoms with van der Waals surface area (Å²) in [5, 5.41) is 0. The lowest BCUT2D eigenvalue weighted by molar-refractivity contribution is 0.0792. The van der Waals surface area contributed by atoms with E-state index in [2.05, 4.69) is 4.72 Å². The molecule has 1 unspecified atom stereocenters. The molecule has 3 rings (SSSR count). The number of carbonyl (C=O) groups excluding carboxylic acids is 1. The minimum Gasteiger partial charge on any atom is -0.377 e. The lowest BCUT2D eigenvalue weighted by Gasteiger charge is -2.18.